The maximum Gasteiger partial charge on any atom is 0.363 e. The highest BCUT2D eigenvalue weighted by molar-refractivity contribution is 9.11. The van der Waals surface area contributed by atoms with Crippen molar-refractivity contribution < 1.29 is 33.3 Å². The Labute approximate surface area is 233 Å². The van der Waals surface area contributed by atoms with Crippen LogP contribution in [-0.2, 0) is 14.3 Å². The lowest BCUT2D eigenvalue weighted by molar-refractivity contribution is -0.132. The van der Waals surface area contributed by atoms with Gasteiger partial charge in [0.1, 0.15) is 0 Å². The molecule has 1 aliphatic heterocycles. The first-order valence-corrected chi connectivity index (χ1v) is 12.5. The molecule has 0 radical (unpaired) electrons. The monoisotopic (exact) mass is 647 g/mol. The molecule has 188 valence electrons. The lowest BCUT2D eigenvalue weighted by Crippen LogP contribution is -2.10. The van der Waals surface area contributed by atoms with Crippen LogP contribution in [0.25, 0.3) is 6.08 Å². The second kappa shape index (κ2) is 11.3. The molecular weight excluding hydrogens is 634 g/mol. The van der Waals surface area contributed by atoms with Crippen LogP contribution in [0.3, 0.4) is 0 Å². The van der Waals surface area contributed by atoms with Crippen molar-refractivity contribution in [2.45, 2.75) is 6.92 Å². The number of rotatable bonds is 6. The van der Waals surface area contributed by atoms with Crippen LogP contribution in [0.15, 0.2) is 74.2 Å². The summed E-state index contributed by atoms with van der Waals surface area (Å²) in [7, 11) is 1.41. The number of carbonyl (C=O) groups is 3. The summed E-state index contributed by atoms with van der Waals surface area (Å²) in [5.41, 5.74) is 1.09. The molecule has 1 aliphatic rings. The second-order valence-corrected chi connectivity index (χ2v) is 9.70. The van der Waals surface area contributed by atoms with Crippen LogP contribution in [0.2, 0.25) is 5.02 Å². The van der Waals surface area contributed by atoms with Gasteiger partial charge in [0.05, 0.1) is 17.1 Å². The third-order valence-electron chi connectivity index (χ3n) is 4.89. The highest BCUT2D eigenvalue weighted by Crippen LogP contribution is 2.36. The van der Waals surface area contributed by atoms with Gasteiger partial charge in [0.25, 0.3) is 0 Å². The van der Waals surface area contributed by atoms with Crippen molar-refractivity contribution in [3.63, 3.8) is 0 Å². The molecule has 3 aromatic rings. The smallest absolute Gasteiger partial charge is 0.363 e. The summed E-state index contributed by atoms with van der Waals surface area (Å²) >= 11 is 12.7. The molecule has 0 N–H and O–H groups in total. The summed E-state index contributed by atoms with van der Waals surface area (Å²) < 4.78 is 22.5. The maximum absolute atomic E-state index is 12.7. The fourth-order valence-corrected chi connectivity index (χ4v) is 4.72. The molecule has 0 unspecified atom stereocenters. The van der Waals surface area contributed by atoms with E-state index >= 15 is 0 Å². The minimum atomic E-state index is -0.705. The maximum atomic E-state index is 12.7. The van der Waals surface area contributed by atoms with Gasteiger partial charge in [-0.1, -0.05) is 27.5 Å². The quantitative estimate of drug-likeness (QED) is 0.174. The number of carbonyl (C=O) groups excluding carboxylic acids is 3. The summed E-state index contributed by atoms with van der Waals surface area (Å²) in [4.78, 5) is 41.0. The van der Waals surface area contributed by atoms with Crippen LogP contribution in [0, 0.1) is 0 Å². The highest BCUT2D eigenvalue weighted by Gasteiger charge is 2.26. The summed E-state index contributed by atoms with van der Waals surface area (Å²) in [6, 6.07) is 14.2. The average molecular weight is 650 g/mol. The molecule has 0 atom stereocenters. The van der Waals surface area contributed by atoms with Crippen LogP contribution < -0.4 is 14.2 Å². The van der Waals surface area contributed by atoms with Gasteiger partial charge in [0.15, 0.2) is 22.9 Å². The van der Waals surface area contributed by atoms with E-state index < -0.39 is 17.9 Å². The molecule has 8 nitrogen and oxygen atoms in total. The Balaban J connectivity index is 1.68. The fourth-order valence-electron chi connectivity index (χ4n) is 3.25. The van der Waals surface area contributed by atoms with Crippen LogP contribution in [0.5, 0.6) is 17.2 Å². The zero-order chi connectivity index (χ0) is 26.7. The molecule has 0 amide bonds. The molecule has 0 saturated carbocycles. The molecule has 1 heterocycles. The van der Waals surface area contributed by atoms with Crippen LogP contribution in [0.4, 0.5) is 0 Å². The van der Waals surface area contributed by atoms with Gasteiger partial charge in [0, 0.05) is 27.5 Å². The number of ether oxygens (including phenoxy) is 4. The Bertz CT molecular complexity index is 1480. The van der Waals surface area contributed by atoms with E-state index in [1.165, 1.54) is 32.2 Å². The van der Waals surface area contributed by atoms with Crippen LogP contribution in [-0.4, -0.2) is 30.9 Å². The Kier molecular flexibility index (Phi) is 8.11. The van der Waals surface area contributed by atoms with E-state index in [2.05, 4.69) is 36.9 Å². The molecule has 4 rings (SSSR count). The van der Waals surface area contributed by atoms with Gasteiger partial charge < -0.3 is 18.9 Å². The lowest BCUT2D eigenvalue weighted by atomic mass is 10.1. The third kappa shape index (κ3) is 6.27. The zero-order valence-corrected chi connectivity index (χ0v) is 23.1. The predicted octanol–water partition coefficient (Wildman–Crippen LogP) is 6.36. The van der Waals surface area contributed by atoms with Gasteiger partial charge in [-0.15, -0.1) is 0 Å². The Hall–Kier alpha value is -3.47. The van der Waals surface area contributed by atoms with Crippen molar-refractivity contribution >= 4 is 73.3 Å². The van der Waals surface area contributed by atoms with E-state index in [1.54, 1.807) is 42.5 Å². The first-order chi connectivity index (χ1) is 17.6. The molecule has 0 saturated heterocycles. The molecular formula is C26H16Br2ClNO7. The highest BCUT2D eigenvalue weighted by atomic mass is 79.9. The number of halogens is 3. The number of nitrogens with zero attached hydrogens (tertiary/aromatic N) is 1. The van der Waals surface area contributed by atoms with Crippen molar-refractivity contribution in [3.05, 3.63) is 91.0 Å². The van der Waals surface area contributed by atoms with Crippen molar-refractivity contribution in [2.24, 2.45) is 4.99 Å². The number of methoxy groups -OCH3 is 1. The number of benzene rings is 3. The van der Waals surface area contributed by atoms with Crippen LogP contribution >= 0.6 is 43.5 Å². The molecule has 0 spiro atoms. The lowest BCUT2D eigenvalue weighted by Gasteiger charge is -2.11. The topological polar surface area (TPSA) is 100 Å². The average Bonchev–Trinajstić information content (AvgIpc) is 3.21. The Morgan fingerprint density at radius 2 is 1.73 bits per heavy atom. The Morgan fingerprint density at radius 1 is 1.00 bits per heavy atom. The van der Waals surface area contributed by atoms with Gasteiger partial charge in [0.2, 0.25) is 5.90 Å². The van der Waals surface area contributed by atoms with Crippen molar-refractivity contribution in [2.75, 3.05) is 7.11 Å². The van der Waals surface area contributed by atoms with Crippen molar-refractivity contribution in [3.8, 4) is 17.2 Å². The summed E-state index contributed by atoms with van der Waals surface area (Å²) in [5, 5.41) is 0.485. The third-order valence-corrected chi connectivity index (χ3v) is 6.19. The van der Waals surface area contributed by atoms with E-state index in [9.17, 15) is 14.4 Å². The zero-order valence-electron chi connectivity index (χ0n) is 19.2. The largest absolute Gasteiger partial charge is 0.493 e. The minimum Gasteiger partial charge on any atom is -0.493 e. The molecule has 0 fully saturated rings. The standard InChI is InChI=1S/C26H16Br2ClNO7/c1-13(31)35-21-8-5-15(11-22(21)34-2)24-30-20(26(33)37-24)10-16-9-17(27)12-19(28)23(16)36-25(32)14-3-6-18(29)7-4-14/h3-12H,1-2H3/b20-10-. The molecule has 0 aromatic heterocycles. The van der Waals surface area contributed by atoms with E-state index in [4.69, 9.17) is 30.5 Å². The summed E-state index contributed by atoms with van der Waals surface area (Å²) in [6.45, 7) is 1.27. The SMILES string of the molecule is COc1cc(C2=N/C(=C\c3cc(Br)cc(Br)c3OC(=O)c3ccc(Cl)cc3)C(=O)O2)ccc1OC(C)=O. The fraction of sp³-hybridized carbons (Fsp3) is 0.0769. The van der Waals surface area contributed by atoms with E-state index in [0.717, 1.165) is 0 Å². The van der Waals surface area contributed by atoms with E-state index in [1.807, 2.05) is 0 Å². The molecule has 0 bridgehead atoms. The van der Waals surface area contributed by atoms with Gasteiger partial charge in [-0.3, -0.25) is 4.79 Å². The first kappa shape index (κ1) is 26.6. The van der Waals surface area contributed by atoms with Gasteiger partial charge in [-0.05, 0) is 76.6 Å². The molecule has 11 heteroatoms. The van der Waals surface area contributed by atoms with Crippen molar-refractivity contribution in [1.82, 2.24) is 0 Å². The predicted molar refractivity (Wildman–Crippen MR) is 143 cm³/mol. The molecule has 3 aromatic carbocycles. The first-order valence-electron chi connectivity index (χ1n) is 10.5. The second-order valence-electron chi connectivity index (χ2n) is 7.50. The van der Waals surface area contributed by atoms with E-state index in [0.29, 0.717) is 30.7 Å². The number of aliphatic imine (C=N–C) groups is 1. The minimum absolute atomic E-state index is 0.0215. The van der Waals surface area contributed by atoms with Crippen molar-refractivity contribution in [1.29, 1.82) is 0 Å². The number of hydrogen-bond acceptors (Lipinski definition) is 8. The molecule has 37 heavy (non-hydrogen) atoms. The van der Waals surface area contributed by atoms with Gasteiger partial charge >= 0.3 is 17.9 Å². The Morgan fingerprint density at radius 3 is 2.41 bits per heavy atom. The number of cyclic esters (lactones) is 1. The van der Waals surface area contributed by atoms with Gasteiger partial charge in [-0.25, -0.2) is 14.6 Å². The van der Waals surface area contributed by atoms with Gasteiger partial charge in [-0.2, -0.15) is 0 Å². The molecule has 0 aliphatic carbocycles. The van der Waals surface area contributed by atoms with Crippen LogP contribution in [0.1, 0.15) is 28.4 Å². The number of esters is 3. The number of hydrogen-bond donors (Lipinski definition) is 0. The normalized spacial score (nSPS) is 13.7. The summed E-state index contributed by atoms with van der Waals surface area (Å²) in [6.07, 6.45) is 1.44. The van der Waals surface area contributed by atoms with E-state index in [-0.39, 0.29) is 28.8 Å². The summed E-state index contributed by atoms with van der Waals surface area (Å²) in [5.74, 6) is -1.14.